The zero-order valence-corrected chi connectivity index (χ0v) is 10.1. The number of hydrogen-bond acceptors (Lipinski definition) is 2. The fraction of sp³-hybridized carbons (Fsp3) is 0.500. The van der Waals surface area contributed by atoms with Crippen LogP contribution in [0, 0.1) is 5.92 Å². The van der Waals surface area contributed by atoms with E-state index in [9.17, 15) is 15.0 Å². The van der Waals surface area contributed by atoms with E-state index in [0.29, 0.717) is 19.4 Å². The molecule has 1 saturated heterocycles. The van der Waals surface area contributed by atoms with Crippen LogP contribution in [-0.2, 0) is 6.42 Å². The molecule has 0 radical (unpaired) electrons. The van der Waals surface area contributed by atoms with E-state index in [1.807, 2.05) is 30.3 Å². The third-order valence-electron chi connectivity index (χ3n) is 4.37. The van der Waals surface area contributed by atoms with Crippen molar-refractivity contribution in [2.45, 2.75) is 30.9 Å². The van der Waals surface area contributed by atoms with Gasteiger partial charge in [-0.15, -0.1) is 0 Å². The Morgan fingerprint density at radius 2 is 2.06 bits per heavy atom. The van der Waals surface area contributed by atoms with Crippen LogP contribution in [0.15, 0.2) is 30.3 Å². The molecule has 18 heavy (non-hydrogen) atoms. The van der Waals surface area contributed by atoms with Crippen LogP contribution in [-0.4, -0.2) is 39.4 Å². The smallest absolute Gasteiger partial charge is 0.407 e. The summed E-state index contributed by atoms with van der Waals surface area (Å²) in [6, 6.07) is 9.93. The molecule has 3 atom stereocenters. The average molecular weight is 247 g/mol. The van der Waals surface area contributed by atoms with Crippen molar-refractivity contribution in [3.05, 3.63) is 35.9 Å². The van der Waals surface area contributed by atoms with Crippen LogP contribution in [0.25, 0.3) is 0 Å². The number of benzene rings is 1. The molecule has 1 aromatic rings. The van der Waals surface area contributed by atoms with Crippen LogP contribution in [0.3, 0.4) is 0 Å². The number of hydrogen-bond donors (Lipinski definition) is 2. The second-order valence-corrected chi connectivity index (χ2v) is 5.52. The number of rotatable bonds is 2. The quantitative estimate of drug-likeness (QED) is 0.836. The van der Waals surface area contributed by atoms with Crippen molar-refractivity contribution in [3.63, 3.8) is 0 Å². The number of carbonyl (C=O) groups is 1. The summed E-state index contributed by atoms with van der Waals surface area (Å²) in [5, 5.41) is 19.3. The van der Waals surface area contributed by atoms with Crippen LogP contribution < -0.4 is 0 Å². The lowest BCUT2D eigenvalue weighted by Crippen LogP contribution is -2.51. The predicted octanol–water partition coefficient (Wildman–Crippen LogP) is 1.73. The third kappa shape index (κ3) is 1.68. The van der Waals surface area contributed by atoms with Crippen molar-refractivity contribution in [2.24, 2.45) is 5.92 Å². The van der Waals surface area contributed by atoms with Gasteiger partial charge in [0.15, 0.2) is 0 Å². The van der Waals surface area contributed by atoms with Crippen molar-refractivity contribution in [3.8, 4) is 0 Å². The Labute approximate surface area is 106 Å². The molecule has 1 heterocycles. The van der Waals surface area contributed by atoms with Crippen LogP contribution in [0.4, 0.5) is 4.79 Å². The van der Waals surface area contributed by atoms with Crippen molar-refractivity contribution in [1.29, 1.82) is 0 Å². The molecule has 4 nitrogen and oxygen atoms in total. The number of carboxylic acid groups (broad SMARTS) is 1. The number of aliphatic hydroxyl groups excluding tert-OH is 1. The maximum absolute atomic E-state index is 11.3. The molecule has 3 rings (SSSR count). The minimum atomic E-state index is -0.861. The summed E-state index contributed by atoms with van der Waals surface area (Å²) < 4.78 is 0. The van der Waals surface area contributed by atoms with Gasteiger partial charge >= 0.3 is 6.09 Å². The van der Waals surface area contributed by atoms with Gasteiger partial charge < -0.3 is 15.1 Å². The minimum absolute atomic E-state index is 0.116. The second kappa shape index (κ2) is 3.99. The first-order valence-corrected chi connectivity index (χ1v) is 6.33. The van der Waals surface area contributed by atoms with Gasteiger partial charge in [-0.05, 0) is 24.8 Å². The number of amides is 1. The van der Waals surface area contributed by atoms with Crippen LogP contribution >= 0.6 is 0 Å². The van der Waals surface area contributed by atoms with E-state index in [0.717, 1.165) is 12.0 Å². The maximum Gasteiger partial charge on any atom is 0.407 e. The molecule has 4 heteroatoms. The van der Waals surface area contributed by atoms with Gasteiger partial charge in [-0.2, -0.15) is 0 Å². The normalized spacial score (nSPS) is 33.9. The highest BCUT2D eigenvalue weighted by molar-refractivity contribution is 5.67. The summed E-state index contributed by atoms with van der Waals surface area (Å²) in [6.07, 6.45) is 0.853. The van der Waals surface area contributed by atoms with Crippen molar-refractivity contribution < 1.29 is 15.0 Å². The summed E-state index contributed by atoms with van der Waals surface area (Å²) in [5.41, 5.74) is 0.746. The fourth-order valence-corrected chi connectivity index (χ4v) is 3.59. The van der Waals surface area contributed by atoms with Crippen LogP contribution in [0.1, 0.15) is 18.4 Å². The highest BCUT2D eigenvalue weighted by atomic mass is 16.4. The van der Waals surface area contributed by atoms with E-state index >= 15 is 0 Å². The SMILES string of the molecule is O=C(O)N1C[C@@H]2C[C@]1(Cc1ccccc1)C[C@H]2O. The van der Waals surface area contributed by atoms with Gasteiger partial charge in [-0.1, -0.05) is 30.3 Å². The molecule has 96 valence electrons. The topological polar surface area (TPSA) is 60.8 Å². The van der Waals surface area contributed by atoms with E-state index in [1.165, 1.54) is 4.90 Å². The fourth-order valence-electron chi connectivity index (χ4n) is 3.59. The molecule has 0 aromatic heterocycles. The highest BCUT2D eigenvalue weighted by Gasteiger charge is 2.56. The molecule has 2 fully saturated rings. The Kier molecular flexibility index (Phi) is 2.55. The molecule has 1 aromatic carbocycles. The first-order valence-electron chi connectivity index (χ1n) is 6.33. The Hall–Kier alpha value is -1.55. The number of piperidine rings is 1. The van der Waals surface area contributed by atoms with Crippen LogP contribution in [0.2, 0.25) is 0 Å². The van der Waals surface area contributed by atoms with Gasteiger partial charge in [-0.3, -0.25) is 0 Å². The summed E-state index contributed by atoms with van der Waals surface area (Å²) in [7, 11) is 0. The standard InChI is InChI=1S/C14H17NO3/c16-12-8-14(6-10-4-2-1-3-5-10)7-11(12)9-15(14)13(17)18/h1-5,11-12,16H,6-9H2,(H,17,18)/t11-,12+,14+/m0/s1. The molecule has 0 unspecified atom stereocenters. The van der Waals surface area contributed by atoms with E-state index in [-0.39, 0.29) is 12.0 Å². The molecule has 1 aliphatic carbocycles. The first-order chi connectivity index (χ1) is 8.61. The molecule has 0 spiro atoms. The summed E-state index contributed by atoms with van der Waals surface area (Å²) in [4.78, 5) is 12.9. The lowest BCUT2D eigenvalue weighted by Gasteiger charge is -2.38. The average Bonchev–Trinajstić information content (AvgIpc) is 2.83. The zero-order chi connectivity index (χ0) is 12.8. The second-order valence-electron chi connectivity index (χ2n) is 5.52. The molecule has 1 saturated carbocycles. The lowest BCUT2D eigenvalue weighted by atomic mass is 9.88. The molecular formula is C14H17NO3. The van der Waals surface area contributed by atoms with E-state index < -0.39 is 11.6 Å². The highest BCUT2D eigenvalue weighted by Crippen LogP contribution is 2.48. The van der Waals surface area contributed by atoms with Gasteiger partial charge in [0.1, 0.15) is 0 Å². The van der Waals surface area contributed by atoms with Crippen LogP contribution in [0.5, 0.6) is 0 Å². The first kappa shape index (κ1) is 11.5. The maximum atomic E-state index is 11.3. The molecule has 1 amide bonds. The largest absolute Gasteiger partial charge is 0.465 e. The molecule has 1 aliphatic heterocycles. The number of likely N-dealkylation sites (tertiary alicyclic amines) is 1. The van der Waals surface area contributed by atoms with Gasteiger partial charge in [0.2, 0.25) is 0 Å². The number of nitrogens with zero attached hydrogens (tertiary/aromatic N) is 1. The number of aliphatic hydroxyl groups is 1. The summed E-state index contributed by atoms with van der Waals surface area (Å²) >= 11 is 0. The summed E-state index contributed by atoms with van der Waals surface area (Å²) in [6.45, 7) is 0.476. The molecular weight excluding hydrogens is 230 g/mol. The Morgan fingerprint density at radius 1 is 1.33 bits per heavy atom. The molecule has 2 aliphatic rings. The third-order valence-corrected chi connectivity index (χ3v) is 4.37. The van der Waals surface area contributed by atoms with Crippen molar-refractivity contribution >= 4 is 6.09 Å². The number of fused-ring (bicyclic) bond motifs is 2. The molecule has 2 bridgehead atoms. The molecule has 2 N–H and O–H groups in total. The van der Waals surface area contributed by atoms with E-state index in [4.69, 9.17) is 0 Å². The Bertz CT molecular complexity index is 457. The van der Waals surface area contributed by atoms with Crippen molar-refractivity contribution in [2.75, 3.05) is 6.54 Å². The summed E-state index contributed by atoms with van der Waals surface area (Å²) in [5.74, 6) is 0.116. The zero-order valence-electron chi connectivity index (χ0n) is 10.1. The Balaban J connectivity index is 1.89. The lowest BCUT2D eigenvalue weighted by molar-refractivity contribution is 0.0371. The van der Waals surface area contributed by atoms with Gasteiger partial charge in [-0.25, -0.2) is 4.79 Å². The van der Waals surface area contributed by atoms with Gasteiger partial charge in [0, 0.05) is 12.5 Å². The van der Waals surface area contributed by atoms with E-state index in [2.05, 4.69) is 0 Å². The minimum Gasteiger partial charge on any atom is -0.465 e. The monoisotopic (exact) mass is 247 g/mol. The van der Waals surface area contributed by atoms with Gasteiger partial charge in [0.05, 0.1) is 11.6 Å². The van der Waals surface area contributed by atoms with Gasteiger partial charge in [0.25, 0.3) is 0 Å². The van der Waals surface area contributed by atoms with Crippen molar-refractivity contribution in [1.82, 2.24) is 4.90 Å². The van der Waals surface area contributed by atoms with E-state index in [1.54, 1.807) is 0 Å². The Morgan fingerprint density at radius 3 is 2.67 bits per heavy atom. The predicted molar refractivity (Wildman–Crippen MR) is 66.3 cm³/mol.